The Kier molecular flexibility index (Phi) is 6.35. The fraction of sp³-hybridized carbons (Fsp3) is 0.947. The Morgan fingerprint density at radius 2 is 1.78 bits per heavy atom. The molecule has 0 aromatic carbocycles. The van der Waals surface area contributed by atoms with E-state index >= 15 is 0 Å². The van der Waals surface area contributed by atoms with Crippen molar-refractivity contribution in [2.45, 2.75) is 90.8 Å². The molecule has 2 atom stereocenters. The van der Waals surface area contributed by atoms with E-state index in [9.17, 15) is 4.79 Å². The van der Waals surface area contributed by atoms with Gasteiger partial charge in [-0.3, -0.25) is 0 Å². The van der Waals surface area contributed by atoms with E-state index in [1.807, 2.05) is 25.7 Å². The third-order valence-electron chi connectivity index (χ3n) is 5.33. The van der Waals surface area contributed by atoms with Gasteiger partial charge in [0.2, 0.25) is 0 Å². The van der Waals surface area contributed by atoms with Gasteiger partial charge >= 0.3 is 6.09 Å². The van der Waals surface area contributed by atoms with Crippen molar-refractivity contribution < 1.29 is 9.53 Å². The molecule has 1 saturated heterocycles. The second-order valence-corrected chi connectivity index (χ2v) is 8.78. The number of amides is 1. The largest absolute Gasteiger partial charge is 0.444 e. The van der Waals surface area contributed by atoms with Crippen LogP contribution in [0.5, 0.6) is 0 Å². The molecular weight excluding hydrogens is 288 g/mol. The van der Waals surface area contributed by atoms with Gasteiger partial charge in [-0.15, -0.1) is 0 Å². The normalized spacial score (nSPS) is 32.7. The Balaban J connectivity index is 1.72. The number of nitrogens with zero attached hydrogens (tertiary/aromatic N) is 1. The zero-order chi connectivity index (χ0) is 17.0. The van der Waals surface area contributed by atoms with Crippen LogP contribution in [0.25, 0.3) is 0 Å². The van der Waals surface area contributed by atoms with Crippen molar-refractivity contribution in [3.8, 4) is 0 Å². The Morgan fingerprint density at radius 1 is 1.13 bits per heavy atom. The SMILES string of the molecule is CC1CCC(CNC2CCN(C(=O)OC(C)(C)C)C(C)C2)CC1. The second-order valence-electron chi connectivity index (χ2n) is 8.78. The molecule has 0 bridgehead atoms. The first kappa shape index (κ1) is 18.6. The lowest BCUT2D eigenvalue weighted by molar-refractivity contribution is 0.00919. The van der Waals surface area contributed by atoms with E-state index in [1.165, 1.54) is 25.7 Å². The van der Waals surface area contributed by atoms with Crippen molar-refractivity contribution in [1.82, 2.24) is 10.2 Å². The van der Waals surface area contributed by atoms with E-state index < -0.39 is 5.60 Å². The highest BCUT2D eigenvalue weighted by Crippen LogP contribution is 2.28. The lowest BCUT2D eigenvalue weighted by Crippen LogP contribution is -2.51. The zero-order valence-electron chi connectivity index (χ0n) is 15.7. The standard InChI is InChI=1S/C19H36N2O2/c1-14-6-8-16(9-7-14)13-20-17-10-11-21(15(2)12-17)18(22)23-19(3,4)5/h14-17,20H,6-13H2,1-5H3. The van der Waals surface area contributed by atoms with Gasteiger partial charge in [-0.25, -0.2) is 4.79 Å². The van der Waals surface area contributed by atoms with Crippen LogP contribution in [0, 0.1) is 11.8 Å². The summed E-state index contributed by atoms with van der Waals surface area (Å²) in [6, 6.07) is 0.797. The quantitative estimate of drug-likeness (QED) is 0.846. The van der Waals surface area contributed by atoms with Crippen molar-refractivity contribution in [2.24, 2.45) is 11.8 Å². The van der Waals surface area contributed by atoms with E-state index in [-0.39, 0.29) is 12.1 Å². The lowest BCUT2D eigenvalue weighted by Gasteiger charge is -2.39. The van der Waals surface area contributed by atoms with Crippen LogP contribution in [0.1, 0.15) is 73.1 Å². The van der Waals surface area contributed by atoms with Crippen LogP contribution in [0.3, 0.4) is 0 Å². The molecule has 0 radical (unpaired) electrons. The van der Waals surface area contributed by atoms with E-state index in [1.54, 1.807) is 0 Å². The van der Waals surface area contributed by atoms with Gasteiger partial charge in [0.15, 0.2) is 0 Å². The van der Waals surface area contributed by atoms with Crippen LogP contribution in [-0.4, -0.2) is 41.8 Å². The van der Waals surface area contributed by atoms with Gasteiger partial charge in [-0.2, -0.15) is 0 Å². The number of nitrogens with one attached hydrogen (secondary N) is 1. The number of carbonyl (C=O) groups is 1. The van der Waals surface area contributed by atoms with E-state index in [4.69, 9.17) is 4.74 Å². The maximum atomic E-state index is 12.3. The minimum atomic E-state index is -0.413. The molecule has 1 aliphatic carbocycles. The maximum absolute atomic E-state index is 12.3. The number of ether oxygens (including phenoxy) is 1. The van der Waals surface area contributed by atoms with Crippen LogP contribution in [0.2, 0.25) is 0 Å². The Labute approximate surface area is 142 Å². The average Bonchev–Trinajstić information content (AvgIpc) is 2.45. The smallest absolute Gasteiger partial charge is 0.410 e. The van der Waals surface area contributed by atoms with Gasteiger partial charge < -0.3 is 15.0 Å². The number of carbonyl (C=O) groups excluding carboxylic acids is 1. The molecule has 4 nitrogen and oxygen atoms in total. The number of rotatable bonds is 3. The summed E-state index contributed by atoms with van der Waals surface area (Å²) in [6.07, 6.45) is 7.43. The molecule has 4 heteroatoms. The topological polar surface area (TPSA) is 41.6 Å². The summed E-state index contributed by atoms with van der Waals surface area (Å²) in [5.41, 5.74) is -0.413. The van der Waals surface area contributed by atoms with Gasteiger partial charge in [-0.1, -0.05) is 19.8 Å². The predicted octanol–water partition coefficient (Wildman–Crippen LogP) is 4.19. The Morgan fingerprint density at radius 3 is 2.35 bits per heavy atom. The summed E-state index contributed by atoms with van der Waals surface area (Å²) in [6.45, 7) is 12.2. The molecule has 1 heterocycles. The molecule has 2 aliphatic rings. The number of likely N-dealkylation sites (tertiary alicyclic amines) is 1. The fourth-order valence-electron chi connectivity index (χ4n) is 3.82. The number of hydrogen-bond acceptors (Lipinski definition) is 3. The van der Waals surface area contributed by atoms with Crippen LogP contribution in [-0.2, 0) is 4.74 Å². The summed E-state index contributed by atoms with van der Waals surface area (Å²) >= 11 is 0. The van der Waals surface area contributed by atoms with Crippen LogP contribution < -0.4 is 5.32 Å². The Bertz CT molecular complexity index is 383. The highest BCUT2D eigenvalue weighted by molar-refractivity contribution is 5.68. The summed E-state index contributed by atoms with van der Waals surface area (Å²) in [7, 11) is 0. The molecule has 1 saturated carbocycles. The van der Waals surface area contributed by atoms with Gasteiger partial charge in [0, 0.05) is 18.6 Å². The van der Waals surface area contributed by atoms with Crippen molar-refractivity contribution in [1.29, 1.82) is 0 Å². The van der Waals surface area contributed by atoms with Crippen molar-refractivity contribution in [2.75, 3.05) is 13.1 Å². The third kappa shape index (κ3) is 5.98. The minimum Gasteiger partial charge on any atom is -0.444 e. The molecule has 1 N–H and O–H groups in total. The molecule has 0 aromatic rings. The molecule has 2 rings (SSSR count). The molecule has 0 spiro atoms. The Hall–Kier alpha value is -0.770. The first-order chi connectivity index (χ1) is 10.7. The maximum Gasteiger partial charge on any atom is 0.410 e. The minimum absolute atomic E-state index is 0.162. The molecular formula is C19H36N2O2. The number of piperidine rings is 1. The highest BCUT2D eigenvalue weighted by atomic mass is 16.6. The first-order valence-electron chi connectivity index (χ1n) is 9.47. The van der Waals surface area contributed by atoms with Gasteiger partial charge in [0.05, 0.1) is 0 Å². The van der Waals surface area contributed by atoms with Crippen LogP contribution >= 0.6 is 0 Å². The van der Waals surface area contributed by atoms with Crippen molar-refractivity contribution in [3.63, 3.8) is 0 Å². The molecule has 1 aliphatic heterocycles. The van der Waals surface area contributed by atoms with Crippen molar-refractivity contribution in [3.05, 3.63) is 0 Å². The molecule has 2 unspecified atom stereocenters. The van der Waals surface area contributed by atoms with E-state index in [0.717, 1.165) is 37.8 Å². The van der Waals surface area contributed by atoms with Crippen molar-refractivity contribution >= 4 is 6.09 Å². The molecule has 2 fully saturated rings. The van der Waals surface area contributed by atoms with Gasteiger partial charge in [-0.05, 0) is 71.8 Å². The van der Waals surface area contributed by atoms with Crippen LogP contribution in [0.4, 0.5) is 4.79 Å². The van der Waals surface area contributed by atoms with E-state index in [0.29, 0.717) is 6.04 Å². The van der Waals surface area contributed by atoms with Gasteiger partial charge in [0.25, 0.3) is 0 Å². The lowest BCUT2D eigenvalue weighted by atomic mass is 9.83. The highest BCUT2D eigenvalue weighted by Gasteiger charge is 2.32. The molecule has 0 aromatic heterocycles. The third-order valence-corrected chi connectivity index (χ3v) is 5.33. The molecule has 1 amide bonds. The summed E-state index contributed by atoms with van der Waals surface area (Å²) in [5, 5.41) is 3.77. The first-order valence-corrected chi connectivity index (χ1v) is 9.47. The van der Waals surface area contributed by atoms with Gasteiger partial charge in [0.1, 0.15) is 5.60 Å². The summed E-state index contributed by atoms with van der Waals surface area (Å²) in [4.78, 5) is 14.1. The van der Waals surface area contributed by atoms with Crippen LogP contribution in [0.15, 0.2) is 0 Å². The fourth-order valence-corrected chi connectivity index (χ4v) is 3.82. The second kappa shape index (κ2) is 7.87. The summed E-state index contributed by atoms with van der Waals surface area (Å²) < 4.78 is 5.51. The summed E-state index contributed by atoms with van der Waals surface area (Å²) in [5.74, 6) is 1.77. The average molecular weight is 325 g/mol. The number of hydrogen-bond donors (Lipinski definition) is 1. The predicted molar refractivity (Wildman–Crippen MR) is 94.5 cm³/mol. The zero-order valence-corrected chi connectivity index (χ0v) is 15.7. The monoisotopic (exact) mass is 324 g/mol. The van der Waals surface area contributed by atoms with E-state index in [2.05, 4.69) is 19.2 Å². The molecule has 23 heavy (non-hydrogen) atoms. The molecule has 134 valence electrons.